The monoisotopic (exact) mass is 355 g/mol. The van der Waals surface area contributed by atoms with Gasteiger partial charge in [0.2, 0.25) is 0 Å². The number of thiazole rings is 1. The van der Waals surface area contributed by atoms with Gasteiger partial charge in [-0.2, -0.15) is 5.10 Å². The van der Waals surface area contributed by atoms with Crippen LogP contribution < -0.4 is 11.1 Å². The number of H-pyrrole nitrogens is 1. The highest BCUT2D eigenvalue weighted by Gasteiger charge is 2.18. The molecule has 1 saturated carbocycles. The van der Waals surface area contributed by atoms with Gasteiger partial charge in [-0.05, 0) is 12.8 Å². The molecule has 8 heteroatoms. The maximum absolute atomic E-state index is 12.1. The van der Waals surface area contributed by atoms with Crippen LogP contribution in [0.15, 0.2) is 11.4 Å². The maximum Gasteiger partial charge on any atom is 0.276 e. The zero-order valence-electron chi connectivity index (χ0n) is 12.9. The first-order valence-corrected chi connectivity index (χ1v) is 8.65. The van der Waals surface area contributed by atoms with E-state index in [1.54, 1.807) is 5.38 Å². The fourth-order valence-electron chi connectivity index (χ4n) is 2.89. The number of halogens is 1. The molecule has 1 amide bonds. The van der Waals surface area contributed by atoms with Gasteiger partial charge < -0.3 is 11.1 Å². The summed E-state index contributed by atoms with van der Waals surface area (Å²) in [4.78, 5) is 16.3. The lowest BCUT2D eigenvalue weighted by Crippen LogP contribution is -2.13. The van der Waals surface area contributed by atoms with E-state index in [1.165, 1.54) is 49.9 Å². The predicted molar refractivity (Wildman–Crippen MR) is 94.2 cm³/mol. The van der Waals surface area contributed by atoms with Gasteiger partial charge in [0.05, 0.1) is 0 Å². The molecule has 4 N–H and O–H groups in total. The van der Waals surface area contributed by atoms with Gasteiger partial charge in [0.25, 0.3) is 5.91 Å². The summed E-state index contributed by atoms with van der Waals surface area (Å²) >= 11 is 1.39. The number of nitrogens with one attached hydrogen (secondary N) is 2. The molecule has 0 aromatic carbocycles. The maximum atomic E-state index is 12.1. The van der Waals surface area contributed by atoms with E-state index in [1.807, 2.05) is 6.07 Å². The van der Waals surface area contributed by atoms with Crippen LogP contribution in [0.4, 0.5) is 5.82 Å². The lowest BCUT2D eigenvalue weighted by molar-refractivity contribution is 0.102. The number of hydrogen-bond donors (Lipinski definition) is 3. The molecule has 1 fully saturated rings. The van der Waals surface area contributed by atoms with Crippen molar-refractivity contribution in [3.05, 3.63) is 27.8 Å². The normalized spacial score (nSPS) is 15.7. The molecule has 2 heterocycles. The number of anilines is 1. The van der Waals surface area contributed by atoms with Gasteiger partial charge in [-0.25, -0.2) is 4.98 Å². The summed E-state index contributed by atoms with van der Waals surface area (Å²) in [7, 11) is 0. The zero-order valence-corrected chi connectivity index (χ0v) is 14.5. The molecule has 0 unspecified atom stereocenters. The Morgan fingerprint density at radius 2 is 2.09 bits per heavy atom. The van der Waals surface area contributed by atoms with Crippen LogP contribution in [0.5, 0.6) is 0 Å². The molecule has 3 rings (SSSR count). The predicted octanol–water partition coefficient (Wildman–Crippen LogP) is 3.44. The number of amides is 1. The molecular formula is C15H22ClN5OS. The number of nitrogens with two attached hydrogens (primary N) is 1. The van der Waals surface area contributed by atoms with Gasteiger partial charge in [0.1, 0.15) is 10.7 Å². The molecule has 0 bridgehead atoms. The van der Waals surface area contributed by atoms with Crippen LogP contribution in [0.2, 0.25) is 0 Å². The van der Waals surface area contributed by atoms with Gasteiger partial charge in [-0.3, -0.25) is 9.89 Å². The third-order valence-corrected chi connectivity index (χ3v) is 4.96. The number of aromatic amines is 1. The Bertz CT molecular complexity index is 633. The fraction of sp³-hybridized carbons (Fsp3) is 0.533. The summed E-state index contributed by atoms with van der Waals surface area (Å²) in [5.74, 6) is 0.852. The molecule has 0 saturated heterocycles. The number of carbonyl (C=O) groups is 1. The molecule has 6 nitrogen and oxygen atoms in total. The molecule has 126 valence electrons. The van der Waals surface area contributed by atoms with Crippen molar-refractivity contribution in [3.8, 4) is 0 Å². The average molecular weight is 356 g/mol. The van der Waals surface area contributed by atoms with Crippen molar-refractivity contribution in [1.29, 1.82) is 0 Å². The van der Waals surface area contributed by atoms with Crippen LogP contribution in [0.1, 0.15) is 65.6 Å². The molecule has 1 aliphatic rings. The lowest BCUT2D eigenvalue weighted by atomic mass is 9.97. The largest absolute Gasteiger partial charge is 0.325 e. The molecule has 2 aromatic heterocycles. The van der Waals surface area contributed by atoms with Crippen LogP contribution in [-0.4, -0.2) is 21.1 Å². The highest BCUT2D eigenvalue weighted by Crippen LogP contribution is 2.31. The van der Waals surface area contributed by atoms with Crippen LogP contribution in [0.25, 0.3) is 0 Å². The lowest BCUT2D eigenvalue weighted by Gasteiger charge is -2.10. The van der Waals surface area contributed by atoms with Gasteiger partial charge in [0.15, 0.2) is 5.82 Å². The highest BCUT2D eigenvalue weighted by atomic mass is 35.5. The quantitative estimate of drug-likeness (QED) is 0.732. The summed E-state index contributed by atoms with van der Waals surface area (Å²) in [6, 6.07) is 1.95. The number of rotatable bonds is 4. The number of hydrogen-bond acceptors (Lipinski definition) is 5. The van der Waals surface area contributed by atoms with Crippen LogP contribution in [0.3, 0.4) is 0 Å². The molecule has 0 aliphatic heterocycles. The zero-order chi connectivity index (χ0) is 15.4. The van der Waals surface area contributed by atoms with E-state index in [0.717, 1.165) is 10.7 Å². The minimum absolute atomic E-state index is 0. The van der Waals surface area contributed by atoms with Crippen molar-refractivity contribution in [1.82, 2.24) is 15.2 Å². The van der Waals surface area contributed by atoms with Crippen molar-refractivity contribution < 1.29 is 4.79 Å². The number of nitrogens with zero attached hydrogens (tertiary/aromatic N) is 2. The molecule has 0 radical (unpaired) electrons. The van der Waals surface area contributed by atoms with E-state index in [2.05, 4.69) is 20.5 Å². The Balaban J connectivity index is 0.00000192. The fourth-order valence-corrected chi connectivity index (χ4v) is 3.54. The molecule has 0 atom stereocenters. The molecular weight excluding hydrogens is 334 g/mol. The summed E-state index contributed by atoms with van der Waals surface area (Å²) in [5, 5.41) is 12.5. The smallest absolute Gasteiger partial charge is 0.276 e. The summed E-state index contributed by atoms with van der Waals surface area (Å²) in [5.41, 5.74) is 7.03. The first-order valence-electron chi connectivity index (χ1n) is 7.77. The third kappa shape index (κ3) is 4.53. The summed E-state index contributed by atoms with van der Waals surface area (Å²) in [6.07, 6.45) is 7.57. The first kappa shape index (κ1) is 17.9. The minimum Gasteiger partial charge on any atom is -0.325 e. The van der Waals surface area contributed by atoms with Crippen molar-refractivity contribution in [2.45, 2.75) is 51.0 Å². The summed E-state index contributed by atoms with van der Waals surface area (Å²) < 4.78 is 0. The van der Waals surface area contributed by atoms with Gasteiger partial charge in [0, 0.05) is 29.6 Å². The van der Waals surface area contributed by atoms with Crippen molar-refractivity contribution >= 4 is 35.5 Å². The molecule has 0 spiro atoms. The Morgan fingerprint density at radius 1 is 1.35 bits per heavy atom. The topological polar surface area (TPSA) is 96.7 Å². The Labute approximate surface area is 145 Å². The van der Waals surface area contributed by atoms with Crippen molar-refractivity contribution in [3.63, 3.8) is 0 Å². The second kappa shape index (κ2) is 8.42. The third-order valence-electron chi connectivity index (χ3n) is 4.09. The summed E-state index contributed by atoms with van der Waals surface area (Å²) in [6.45, 7) is 0.353. The Kier molecular flexibility index (Phi) is 6.56. The standard InChI is InChI=1S/C15H21N5OS.ClH/c16-8-14-17-12(9-22-14)15(21)18-13-7-11(19-20-13)10-5-3-1-2-4-6-10;/h7,9-10H,1-6,8,16H2,(H2,18,19,20,21);1H. The number of carbonyl (C=O) groups excluding carboxylic acids is 1. The van der Waals surface area contributed by atoms with E-state index in [-0.39, 0.29) is 18.3 Å². The molecule has 2 aromatic rings. The average Bonchev–Trinajstić information content (AvgIpc) is 3.11. The molecule has 23 heavy (non-hydrogen) atoms. The van der Waals surface area contributed by atoms with Crippen LogP contribution in [-0.2, 0) is 6.54 Å². The van der Waals surface area contributed by atoms with E-state index < -0.39 is 0 Å². The van der Waals surface area contributed by atoms with Gasteiger partial charge >= 0.3 is 0 Å². The van der Waals surface area contributed by atoms with E-state index in [9.17, 15) is 4.79 Å². The molecule has 1 aliphatic carbocycles. The first-order chi connectivity index (χ1) is 10.8. The second-order valence-electron chi connectivity index (χ2n) is 5.68. The second-order valence-corrected chi connectivity index (χ2v) is 6.62. The van der Waals surface area contributed by atoms with E-state index >= 15 is 0 Å². The van der Waals surface area contributed by atoms with Crippen molar-refractivity contribution in [2.75, 3.05) is 5.32 Å². The SMILES string of the molecule is Cl.NCc1nc(C(=O)Nc2cc(C3CCCCCC3)[nH]n2)cs1. The Hall–Kier alpha value is -1.44. The number of aromatic nitrogens is 3. The van der Waals surface area contributed by atoms with Crippen LogP contribution >= 0.6 is 23.7 Å². The van der Waals surface area contributed by atoms with Gasteiger partial charge in [-0.1, -0.05) is 25.7 Å². The van der Waals surface area contributed by atoms with Gasteiger partial charge in [-0.15, -0.1) is 23.7 Å². The highest BCUT2D eigenvalue weighted by molar-refractivity contribution is 7.09. The van der Waals surface area contributed by atoms with E-state index in [0.29, 0.717) is 24.0 Å². The minimum atomic E-state index is -0.241. The van der Waals surface area contributed by atoms with E-state index in [4.69, 9.17) is 5.73 Å². The van der Waals surface area contributed by atoms with Crippen LogP contribution in [0, 0.1) is 0 Å². The Morgan fingerprint density at radius 3 is 2.74 bits per heavy atom. The van der Waals surface area contributed by atoms with Crippen molar-refractivity contribution in [2.24, 2.45) is 5.73 Å².